The second-order valence-corrected chi connectivity index (χ2v) is 5.25. The van der Waals surface area contributed by atoms with E-state index in [2.05, 4.69) is 36.2 Å². The molecule has 2 aromatic rings. The number of aryl methyl sites for hydroxylation is 2. The van der Waals surface area contributed by atoms with Gasteiger partial charge in [-0.3, -0.25) is 0 Å². The minimum Gasteiger partial charge on any atom is -0.329 e. The van der Waals surface area contributed by atoms with Crippen LogP contribution in [0, 0.1) is 6.92 Å². The van der Waals surface area contributed by atoms with Gasteiger partial charge in [-0.05, 0) is 12.5 Å². The highest BCUT2D eigenvalue weighted by molar-refractivity contribution is 7.99. The monoisotopic (exact) mass is 247 g/mol. The highest BCUT2D eigenvalue weighted by Gasteiger charge is 2.13. The van der Waals surface area contributed by atoms with Gasteiger partial charge >= 0.3 is 0 Å². The fraction of sp³-hybridized carbons (Fsp3) is 0.308. The van der Waals surface area contributed by atoms with E-state index >= 15 is 0 Å². The Morgan fingerprint density at radius 2 is 2.29 bits per heavy atom. The van der Waals surface area contributed by atoms with Crippen LogP contribution in [0.4, 0.5) is 0 Å². The zero-order chi connectivity index (χ0) is 12.3. The van der Waals surface area contributed by atoms with E-state index in [0.717, 1.165) is 5.16 Å². The van der Waals surface area contributed by atoms with Gasteiger partial charge in [0, 0.05) is 31.2 Å². The van der Waals surface area contributed by atoms with E-state index in [-0.39, 0.29) is 5.25 Å². The van der Waals surface area contributed by atoms with Gasteiger partial charge in [0.05, 0.1) is 0 Å². The van der Waals surface area contributed by atoms with Gasteiger partial charge in [-0.15, -0.1) is 0 Å². The second kappa shape index (κ2) is 5.38. The Morgan fingerprint density at radius 3 is 2.88 bits per heavy atom. The smallest absolute Gasteiger partial charge is 0.168 e. The Morgan fingerprint density at radius 1 is 1.47 bits per heavy atom. The van der Waals surface area contributed by atoms with Crippen LogP contribution in [0.25, 0.3) is 0 Å². The van der Waals surface area contributed by atoms with Crippen LogP contribution >= 0.6 is 11.8 Å². The molecule has 1 aromatic heterocycles. The molecule has 0 bridgehead atoms. The number of aromatic nitrogens is 2. The maximum atomic E-state index is 5.86. The first-order valence-corrected chi connectivity index (χ1v) is 6.49. The van der Waals surface area contributed by atoms with Crippen LogP contribution in [0.5, 0.6) is 0 Å². The fourth-order valence-electron chi connectivity index (χ4n) is 1.72. The lowest BCUT2D eigenvalue weighted by Gasteiger charge is -2.14. The first-order chi connectivity index (χ1) is 8.20. The number of nitrogens with two attached hydrogens (primary N) is 1. The normalized spacial score (nSPS) is 12.6. The van der Waals surface area contributed by atoms with Crippen molar-refractivity contribution < 1.29 is 0 Å². The molecule has 0 aliphatic rings. The van der Waals surface area contributed by atoms with E-state index in [1.165, 1.54) is 11.1 Å². The summed E-state index contributed by atoms with van der Waals surface area (Å²) in [6.45, 7) is 2.71. The third-order valence-electron chi connectivity index (χ3n) is 2.65. The first kappa shape index (κ1) is 12.2. The van der Waals surface area contributed by atoms with E-state index in [1.807, 2.05) is 24.0 Å². The van der Waals surface area contributed by atoms with Gasteiger partial charge in [0.15, 0.2) is 5.16 Å². The zero-order valence-electron chi connectivity index (χ0n) is 10.1. The minimum atomic E-state index is 0.260. The Labute approximate surface area is 106 Å². The molecule has 0 saturated heterocycles. The number of hydrogen-bond donors (Lipinski definition) is 1. The van der Waals surface area contributed by atoms with Gasteiger partial charge in [0.2, 0.25) is 0 Å². The minimum absolute atomic E-state index is 0.260. The standard InChI is InChI=1S/C13H17N3S/c1-10-4-3-5-11(8-10)12(9-14)17-13-15-6-7-16(13)2/h3-8,12H,9,14H2,1-2H3. The molecule has 1 unspecified atom stereocenters. The Balaban J connectivity index is 2.20. The molecule has 2 N–H and O–H groups in total. The number of benzene rings is 1. The van der Waals surface area contributed by atoms with Crippen molar-refractivity contribution in [3.63, 3.8) is 0 Å². The molecule has 1 heterocycles. The number of hydrogen-bond acceptors (Lipinski definition) is 3. The van der Waals surface area contributed by atoms with Crippen molar-refractivity contribution in [2.75, 3.05) is 6.54 Å². The Kier molecular flexibility index (Phi) is 3.86. The molecule has 0 radical (unpaired) electrons. The molecular weight excluding hydrogens is 230 g/mol. The van der Waals surface area contributed by atoms with Crippen molar-refractivity contribution in [3.8, 4) is 0 Å². The molecule has 0 aliphatic carbocycles. The predicted octanol–water partition coefficient (Wildman–Crippen LogP) is 2.52. The maximum Gasteiger partial charge on any atom is 0.168 e. The lowest BCUT2D eigenvalue weighted by molar-refractivity contribution is 0.783. The lowest BCUT2D eigenvalue weighted by atomic mass is 10.1. The predicted molar refractivity (Wildman–Crippen MR) is 72.0 cm³/mol. The largest absolute Gasteiger partial charge is 0.329 e. The summed E-state index contributed by atoms with van der Waals surface area (Å²) >= 11 is 1.71. The number of imidazole rings is 1. The van der Waals surface area contributed by atoms with E-state index < -0.39 is 0 Å². The van der Waals surface area contributed by atoms with E-state index in [4.69, 9.17) is 5.73 Å². The average Bonchev–Trinajstić information content (AvgIpc) is 2.71. The van der Waals surface area contributed by atoms with Gasteiger partial charge in [0.1, 0.15) is 0 Å². The molecular formula is C13H17N3S. The van der Waals surface area contributed by atoms with Crippen LogP contribution < -0.4 is 5.73 Å². The molecule has 17 heavy (non-hydrogen) atoms. The van der Waals surface area contributed by atoms with E-state index in [1.54, 1.807) is 11.8 Å². The van der Waals surface area contributed by atoms with Crippen molar-refractivity contribution in [1.82, 2.24) is 9.55 Å². The van der Waals surface area contributed by atoms with Crippen molar-refractivity contribution in [1.29, 1.82) is 0 Å². The maximum absolute atomic E-state index is 5.86. The first-order valence-electron chi connectivity index (χ1n) is 5.61. The molecule has 0 spiro atoms. The van der Waals surface area contributed by atoms with Gasteiger partial charge in [-0.2, -0.15) is 0 Å². The number of thioether (sulfide) groups is 1. The molecule has 4 heteroatoms. The number of nitrogens with zero attached hydrogens (tertiary/aromatic N) is 2. The summed E-state index contributed by atoms with van der Waals surface area (Å²) in [6.07, 6.45) is 3.76. The van der Waals surface area contributed by atoms with Gasteiger partial charge in [-0.25, -0.2) is 4.98 Å². The Hall–Kier alpha value is -1.26. The highest BCUT2D eigenvalue weighted by Crippen LogP contribution is 2.33. The summed E-state index contributed by atoms with van der Waals surface area (Å²) in [5.41, 5.74) is 8.39. The van der Waals surface area contributed by atoms with Gasteiger partial charge < -0.3 is 10.3 Å². The van der Waals surface area contributed by atoms with Crippen molar-refractivity contribution in [3.05, 3.63) is 47.8 Å². The lowest BCUT2D eigenvalue weighted by Crippen LogP contribution is -2.10. The molecule has 90 valence electrons. The summed E-state index contributed by atoms with van der Waals surface area (Å²) in [5, 5.41) is 1.26. The summed E-state index contributed by atoms with van der Waals surface area (Å²) in [5.74, 6) is 0. The summed E-state index contributed by atoms with van der Waals surface area (Å²) in [6, 6.07) is 8.49. The van der Waals surface area contributed by atoms with Crippen molar-refractivity contribution >= 4 is 11.8 Å². The van der Waals surface area contributed by atoms with Crippen molar-refractivity contribution in [2.45, 2.75) is 17.3 Å². The highest BCUT2D eigenvalue weighted by atomic mass is 32.2. The Bertz CT molecular complexity index is 493. The van der Waals surface area contributed by atoms with Crippen LogP contribution in [0.3, 0.4) is 0 Å². The van der Waals surface area contributed by atoms with Crippen molar-refractivity contribution in [2.24, 2.45) is 12.8 Å². The molecule has 3 nitrogen and oxygen atoms in total. The van der Waals surface area contributed by atoms with Crippen LogP contribution in [-0.4, -0.2) is 16.1 Å². The van der Waals surface area contributed by atoms with Gasteiger partial charge in [-0.1, -0.05) is 41.6 Å². The van der Waals surface area contributed by atoms with Crippen LogP contribution in [0.2, 0.25) is 0 Å². The topological polar surface area (TPSA) is 43.8 Å². The third kappa shape index (κ3) is 2.90. The van der Waals surface area contributed by atoms with E-state index in [9.17, 15) is 0 Å². The van der Waals surface area contributed by atoms with Crippen LogP contribution in [0.15, 0.2) is 41.8 Å². The summed E-state index contributed by atoms with van der Waals surface area (Å²) in [4.78, 5) is 4.32. The van der Waals surface area contributed by atoms with E-state index in [0.29, 0.717) is 6.54 Å². The molecule has 2 rings (SSSR count). The average molecular weight is 247 g/mol. The molecule has 0 aliphatic heterocycles. The quantitative estimate of drug-likeness (QED) is 0.844. The SMILES string of the molecule is Cc1cccc(C(CN)Sc2nccn2C)c1. The molecule has 0 fully saturated rings. The molecule has 0 saturated carbocycles. The molecule has 1 atom stereocenters. The molecule has 1 aromatic carbocycles. The van der Waals surface area contributed by atoms with Gasteiger partial charge in [0.25, 0.3) is 0 Å². The second-order valence-electron chi connectivity index (χ2n) is 4.08. The summed E-state index contributed by atoms with van der Waals surface area (Å²) in [7, 11) is 2.00. The van der Waals surface area contributed by atoms with Crippen LogP contribution in [0.1, 0.15) is 16.4 Å². The fourth-order valence-corrected chi connectivity index (χ4v) is 2.70. The zero-order valence-corrected chi connectivity index (χ0v) is 10.9. The molecule has 0 amide bonds. The third-order valence-corrected chi connectivity index (χ3v) is 4.01. The van der Waals surface area contributed by atoms with Crippen LogP contribution in [-0.2, 0) is 7.05 Å². The summed E-state index contributed by atoms with van der Waals surface area (Å²) < 4.78 is 2.02. The number of rotatable bonds is 4.